The Hall–Kier alpha value is -1.88. The maximum absolute atomic E-state index is 5.60. The van der Waals surface area contributed by atoms with Crippen LogP contribution in [-0.2, 0) is 11.3 Å². The molecule has 1 aliphatic carbocycles. The quantitative estimate of drug-likeness (QED) is 0.933. The Balaban J connectivity index is 1.50. The van der Waals surface area contributed by atoms with E-state index in [4.69, 9.17) is 4.74 Å². The maximum Gasteiger partial charge on any atom is 0.113 e. The van der Waals surface area contributed by atoms with Crippen LogP contribution in [0.5, 0.6) is 0 Å². The van der Waals surface area contributed by atoms with Crippen molar-refractivity contribution in [1.29, 1.82) is 0 Å². The van der Waals surface area contributed by atoms with E-state index in [2.05, 4.69) is 44.7 Å². The Morgan fingerprint density at radius 3 is 3.00 bits per heavy atom. The summed E-state index contributed by atoms with van der Waals surface area (Å²) in [6.07, 6.45) is 8.53. The Morgan fingerprint density at radius 1 is 1.29 bits per heavy atom. The van der Waals surface area contributed by atoms with E-state index in [1.807, 2.05) is 13.1 Å². The van der Waals surface area contributed by atoms with Crippen molar-refractivity contribution in [3.63, 3.8) is 0 Å². The summed E-state index contributed by atoms with van der Waals surface area (Å²) in [6, 6.07) is 8.31. The normalized spacial score (nSPS) is 22.8. The molecule has 1 saturated heterocycles. The van der Waals surface area contributed by atoms with Crippen molar-refractivity contribution >= 4 is 5.69 Å². The summed E-state index contributed by atoms with van der Waals surface area (Å²) in [5.74, 6) is 0.708. The second kappa shape index (κ2) is 6.55. The molecule has 2 fully saturated rings. The first-order valence-electron chi connectivity index (χ1n) is 9.05. The molecule has 2 aromatic rings. The first-order valence-corrected chi connectivity index (χ1v) is 9.05. The van der Waals surface area contributed by atoms with Crippen molar-refractivity contribution in [2.24, 2.45) is 11.3 Å². The lowest BCUT2D eigenvalue weighted by molar-refractivity contribution is -0.0104. The third-order valence-electron chi connectivity index (χ3n) is 5.97. The number of aromatic nitrogens is 3. The van der Waals surface area contributed by atoms with Gasteiger partial charge in [-0.2, -0.15) is 0 Å². The van der Waals surface area contributed by atoms with Gasteiger partial charge in [-0.1, -0.05) is 23.8 Å². The van der Waals surface area contributed by atoms with Crippen LogP contribution in [0.1, 0.15) is 32.1 Å². The van der Waals surface area contributed by atoms with E-state index in [0.717, 1.165) is 36.7 Å². The lowest BCUT2D eigenvalue weighted by Crippen LogP contribution is -2.35. The lowest BCUT2D eigenvalue weighted by Gasteiger charge is -2.38. The number of nitrogens with one attached hydrogen (secondary N) is 1. The molecule has 1 saturated carbocycles. The van der Waals surface area contributed by atoms with E-state index < -0.39 is 0 Å². The van der Waals surface area contributed by atoms with Gasteiger partial charge in [0.1, 0.15) is 5.69 Å². The highest BCUT2D eigenvalue weighted by atomic mass is 16.5. The van der Waals surface area contributed by atoms with Gasteiger partial charge in [-0.3, -0.25) is 4.68 Å². The molecule has 128 valence electrons. The molecule has 0 bridgehead atoms. The van der Waals surface area contributed by atoms with Crippen LogP contribution >= 0.6 is 0 Å². The van der Waals surface area contributed by atoms with Crippen LogP contribution in [-0.4, -0.2) is 35.3 Å². The topological polar surface area (TPSA) is 52.0 Å². The molecule has 1 aliphatic heterocycles. The summed E-state index contributed by atoms with van der Waals surface area (Å²) in [5, 5.41) is 12.0. The van der Waals surface area contributed by atoms with E-state index in [1.165, 1.54) is 32.1 Å². The molecule has 1 aromatic carbocycles. The number of ether oxygens (including phenoxy) is 1. The molecule has 1 atom stereocenters. The van der Waals surface area contributed by atoms with Crippen molar-refractivity contribution in [3.05, 3.63) is 30.5 Å². The van der Waals surface area contributed by atoms with Gasteiger partial charge in [-0.05, 0) is 49.1 Å². The molecule has 2 aliphatic rings. The summed E-state index contributed by atoms with van der Waals surface area (Å²) < 4.78 is 7.65. The van der Waals surface area contributed by atoms with E-state index in [9.17, 15) is 0 Å². The number of benzene rings is 1. The minimum atomic E-state index is 0.483. The van der Waals surface area contributed by atoms with Gasteiger partial charge in [0.25, 0.3) is 0 Å². The molecule has 24 heavy (non-hydrogen) atoms. The zero-order chi connectivity index (χ0) is 16.4. The molecule has 1 unspecified atom stereocenters. The Labute approximate surface area is 143 Å². The van der Waals surface area contributed by atoms with Gasteiger partial charge >= 0.3 is 0 Å². The van der Waals surface area contributed by atoms with E-state index >= 15 is 0 Å². The van der Waals surface area contributed by atoms with Crippen LogP contribution < -0.4 is 5.32 Å². The van der Waals surface area contributed by atoms with Crippen molar-refractivity contribution in [3.8, 4) is 11.3 Å². The summed E-state index contributed by atoms with van der Waals surface area (Å²) in [7, 11) is 1.93. The van der Waals surface area contributed by atoms with Gasteiger partial charge in [-0.25, -0.2) is 0 Å². The van der Waals surface area contributed by atoms with Crippen LogP contribution in [0, 0.1) is 11.3 Å². The van der Waals surface area contributed by atoms with Crippen molar-refractivity contribution in [2.45, 2.75) is 38.6 Å². The molecule has 5 nitrogen and oxygen atoms in total. The van der Waals surface area contributed by atoms with E-state index in [1.54, 1.807) is 0 Å². The molecule has 0 radical (unpaired) electrons. The van der Waals surface area contributed by atoms with E-state index in [-0.39, 0.29) is 0 Å². The van der Waals surface area contributed by atoms with Crippen LogP contribution in [0.4, 0.5) is 5.69 Å². The highest BCUT2D eigenvalue weighted by Gasteiger charge is 2.43. The third-order valence-corrected chi connectivity index (χ3v) is 5.97. The summed E-state index contributed by atoms with van der Waals surface area (Å²) >= 11 is 0. The lowest BCUT2D eigenvalue weighted by atomic mass is 9.72. The maximum atomic E-state index is 5.60. The second-order valence-corrected chi connectivity index (χ2v) is 7.22. The van der Waals surface area contributed by atoms with Gasteiger partial charge in [0, 0.05) is 38.1 Å². The fraction of sp³-hybridized carbons (Fsp3) is 0.579. The van der Waals surface area contributed by atoms with Gasteiger partial charge in [0.2, 0.25) is 0 Å². The molecular formula is C19H26N4O. The highest BCUT2D eigenvalue weighted by Crippen LogP contribution is 2.50. The minimum Gasteiger partial charge on any atom is -0.388 e. The number of anilines is 1. The van der Waals surface area contributed by atoms with Crippen molar-refractivity contribution in [2.75, 3.05) is 25.6 Å². The van der Waals surface area contributed by atoms with Crippen LogP contribution in [0.3, 0.4) is 0 Å². The molecule has 1 spiro atoms. The van der Waals surface area contributed by atoms with Gasteiger partial charge in [0.15, 0.2) is 0 Å². The fourth-order valence-corrected chi connectivity index (χ4v) is 4.51. The molecule has 1 N–H and O–H groups in total. The summed E-state index contributed by atoms with van der Waals surface area (Å²) in [5.41, 5.74) is 3.64. The molecular weight excluding hydrogens is 300 g/mol. The first-order chi connectivity index (χ1) is 11.8. The predicted octanol–water partition coefficient (Wildman–Crippen LogP) is 3.58. The average Bonchev–Trinajstić information content (AvgIpc) is 3.24. The largest absolute Gasteiger partial charge is 0.388 e. The molecule has 4 rings (SSSR count). The van der Waals surface area contributed by atoms with Crippen molar-refractivity contribution in [1.82, 2.24) is 15.0 Å². The predicted molar refractivity (Wildman–Crippen MR) is 94.8 cm³/mol. The van der Waals surface area contributed by atoms with Gasteiger partial charge in [-0.15, -0.1) is 5.10 Å². The summed E-state index contributed by atoms with van der Waals surface area (Å²) in [4.78, 5) is 0. The van der Waals surface area contributed by atoms with E-state index in [0.29, 0.717) is 11.3 Å². The standard InChI is InChI=1S/C19H26N4O/c1-20-17-6-2-4-15(12-17)18-14-23(22-21-18)13-16-5-3-7-19(16)8-10-24-11-9-19/h2,4,6,12,14,16,20H,3,5,7-11,13H2,1H3. The third kappa shape index (κ3) is 2.93. The molecule has 5 heteroatoms. The number of rotatable bonds is 4. The monoisotopic (exact) mass is 326 g/mol. The van der Waals surface area contributed by atoms with Crippen LogP contribution in [0.25, 0.3) is 11.3 Å². The Morgan fingerprint density at radius 2 is 2.17 bits per heavy atom. The first kappa shape index (κ1) is 15.6. The number of hydrogen-bond acceptors (Lipinski definition) is 4. The SMILES string of the molecule is CNc1cccc(-c2cn(CC3CCCC34CCOCC4)nn2)c1. The molecule has 2 heterocycles. The Kier molecular flexibility index (Phi) is 4.27. The second-order valence-electron chi connectivity index (χ2n) is 7.22. The number of hydrogen-bond donors (Lipinski definition) is 1. The zero-order valence-corrected chi connectivity index (χ0v) is 14.4. The van der Waals surface area contributed by atoms with Crippen LogP contribution in [0.2, 0.25) is 0 Å². The smallest absolute Gasteiger partial charge is 0.113 e. The fourth-order valence-electron chi connectivity index (χ4n) is 4.51. The van der Waals surface area contributed by atoms with Crippen molar-refractivity contribution < 1.29 is 4.74 Å². The van der Waals surface area contributed by atoms with Crippen LogP contribution in [0.15, 0.2) is 30.5 Å². The summed E-state index contributed by atoms with van der Waals surface area (Å²) in [6.45, 7) is 2.84. The molecule has 0 amide bonds. The average molecular weight is 326 g/mol. The van der Waals surface area contributed by atoms with Gasteiger partial charge < -0.3 is 10.1 Å². The zero-order valence-electron chi connectivity index (χ0n) is 14.4. The molecule has 1 aromatic heterocycles. The minimum absolute atomic E-state index is 0.483. The Bertz CT molecular complexity index is 690. The number of nitrogens with zero attached hydrogens (tertiary/aromatic N) is 3. The highest BCUT2D eigenvalue weighted by molar-refractivity contribution is 5.63. The van der Waals surface area contributed by atoms with Gasteiger partial charge in [0.05, 0.1) is 6.20 Å².